The topological polar surface area (TPSA) is 96.0 Å². The lowest BCUT2D eigenvalue weighted by molar-refractivity contribution is 0.566. The van der Waals surface area contributed by atoms with Crippen molar-refractivity contribution in [2.24, 2.45) is 0 Å². The molecule has 3 N–H and O–H groups in total. The number of rotatable bonds is 4. The van der Waals surface area contributed by atoms with Gasteiger partial charge in [0.15, 0.2) is 0 Å². The van der Waals surface area contributed by atoms with Crippen molar-refractivity contribution in [3.05, 3.63) is 59.7 Å². The first-order chi connectivity index (χ1) is 9.94. The zero-order valence-corrected chi connectivity index (χ0v) is 12.3. The zero-order valence-electron chi connectivity index (χ0n) is 11.4. The molecule has 2 aromatic rings. The van der Waals surface area contributed by atoms with E-state index in [2.05, 4.69) is 4.72 Å². The van der Waals surface area contributed by atoms with Crippen LogP contribution in [0.5, 0.6) is 0 Å². The Morgan fingerprint density at radius 1 is 1.19 bits per heavy atom. The summed E-state index contributed by atoms with van der Waals surface area (Å²) in [6.45, 7) is 1.75. The summed E-state index contributed by atoms with van der Waals surface area (Å²) >= 11 is 0. The van der Waals surface area contributed by atoms with Crippen molar-refractivity contribution in [1.29, 1.82) is 5.26 Å². The van der Waals surface area contributed by atoms with Gasteiger partial charge in [-0.3, -0.25) is 0 Å². The second-order valence-electron chi connectivity index (χ2n) is 4.62. The minimum atomic E-state index is -3.80. The van der Waals surface area contributed by atoms with Crippen molar-refractivity contribution in [3.63, 3.8) is 0 Å². The molecule has 6 heteroatoms. The van der Waals surface area contributed by atoms with Crippen LogP contribution in [0.1, 0.15) is 24.1 Å². The Hall–Kier alpha value is -2.36. The van der Waals surface area contributed by atoms with E-state index in [1.807, 2.05) is 36.4 Å². The summed E-state index contributed by atoms with van der Waals surface area (Å²) < 4.78 is 27.4. The van der Waals surface area contributed by atoms with Gasteiger partial charge in [-0.05, 0) is 30.7 Å². The van der Waals surface area contributed by atoms with E-state index in [4.69, 9.17) is 11.0 Å². The first-order valence-corrected chi connectivity index (χ1v) is 7.79. The molecule has 0 saturated carbocycles. The molecule has 0 bridgehead atoms. The van der Waals surface area contributed by atoms with Gasteiger partial charge >= 0.3 is 0 Å². The summed E-state index contributed by atoms with van der Waals surface area (Å²) in [5.74, 6) is 0. The van der Waals surface area contributed by atoms with Gasteiger partial charge in [-0.15, -0.1) is 0 Å². The quantitative estimate of drug-likeness (QED) is 0.846. The van der Waals surface area contributed by atoms with E-state index in [0.717, 1.165) is 5.56 Å². The fraction of sp³-hybridized carbons (Fsp3) is 0.133. The lowest BCUT2D eigenvalue weighted by Crippen LogP contribution is -2.27. The molecule has 2 rings (SSSR count). The summed E-state index contributed by atoms with van der Waals surface area (Å²) in [6, 6.07) is 14.8. The van der Waals surface area contributed by atoms with Gasteiger partial charge in [-0.25, -0.2) is 13.1 Å². The second kappa shape index (κ2) is 5.95. The largest absolute Gasteiger partial charge is 0.399 e. The Bertz CT molecular complexity index is 780. The van der Waals surface area contributed by atoms with Gasteiger partial charge in [0.2, 0.25) is 10.0 Å². The predicted molar refractivity (Wildman–Crippen MR) is 80.7 cm³/mol. The molecule has 0 amide bonds. The number of nitrogens with one attached hydrogen (secondary N) is 1. The van der Waals surface area contributed by atoms with E-state index in [9.17, 15) is 8.42 Å². The van der Waals surface area contributed by atoms with E-state index in [1.165, 1.54) is 18.2 Å². The molecule has 0 fully saturated rings. The summed E-state index contributed by atoms with van der Waals surface area (Å²) in [4.78, 5) is -0.0676. The van der Waals surface area contributed by atoms with Crippen LogP contribution in [0.4, 0.5) is 5.69 Å². The summed E-state index contributed by atoms with van der Waals surface area (Å²) in [7, 11) is -3.80. The molecule has 1 atom stereocenters. The summed E-state index contributed by atoms with van der Waals surface area (Å²) in [5.41, 5.74) is 6.79. The smallest absolute Gasteiger partial charge is 0.242 e. The molecular weight excluding hydrogens is 286 g/mol. The first kappa shape index (κ1) is 15.0. The first-order valence-electron chi connectivity index (χ1n) is 6.31. The lowest BCUT2D eigenvalue weighted by atomic mass is 10.1. The Kier molecular flexibility index (Phi) is 4.26. The van der Waals surface area contributed by atoms with Crippen molar-refractivity contribution in [1.82, 2.24) is 4.72 Å². The van der Waals surface area contributed by atoms with E-state index < -0.39 is 16.1 Å². The maximum Gasteiger partial charge on any atom is 0.242 e. The van der Waals surface area contributed by atoms with Gasteiger partial charge in [-0.2, -0.15) is 5.26 Å². The molecule has 21 heavy (non-hydrogen) atoms. The summed E-state index contributed by atoms with van der Waals surface area (Å²) in [5, 5.41) is 9.06. The number of hydrogen-bond acceptors (Lipinski definition) is 4. The van der Waals surface area contributed by atoms with Crippen molar-refractivity contribution in [2.75, 3.05) is 5.73 Å². The molecule has 108 valence electrons. The SMILES string of the molecule is CC(NS(=O)(=O)c1ccc(N)cc1C#N)c1ccccc1. The van der Waals surface area contributed by atoms with Gasteiger partial charge in [-0.1, -0.05) is 30.3 Å². The van der Waals surface area contributed by atoms with Crippen LogP contribution >= 0.6 is 0 Å². The molecule has 5 nitrogen and oxygen atoms in total. The highest BCUT2D eigenvalue weighted by Crippen LogP contribution is 2.21. The fourth-order valence-corrected chi connectivity index (χ4v) is 3.35. The average Bonchev–Trinajstić information content (AvgIpc) is 2.47. The van der Waals surface area contributed by atoms with Crippen LogP contribution in [0.2, 0.25) is 0 Å². The number of anilines is 1. The number of benzene rings is 2. The van der Waals surface area contributed by atoms with Crippen LogP contribution in [0.3, 0.4) is 0 Å². The molecule has 1 unspecified atom stereocenters. The van der Waals surface area contributed by atoms with Gasteiger partial charge in [0.05, 0.1) is 10.5 Å². The number of nitrogens with two attached hydrogens (primary N) is 1. The highest BCUT2D eigenvalue weighted by molar-refractivity contribution is 7.89. The predicted octanol–water partition coefficient (Wildman–Crippen LogP) is 2.18. The van der Waals surface area contributed by atoms with Crippen LogP contribution in [-0.4, -0.2) is 8.42 Å². The third kappa shape index (κ3) is 3.40. The van der Waals surface area contributed by atoms with Crippen LogP contribution in [-0.2, 0) is 10.0 Å². The van der Waals surface area contributed by atoms with Crippen molar-refractivity contribution in [2.45, 2.75) is 17.9 Å². The Balaban J connectivity index is 2.34. The molecule has 0 aliphatic rings. The van der Waals surface area contributed by atoms with Gasteiger partial charge in [0.1, 0.15) is 6.07 Å². The van der Waals surface area contributed by atoms with Crippen LogP contribution in [0.15, 0.2) is 53.4 Å². The monoisotopic (exact) mass is 301 g/mol. The normalized spacial score (nSPS) is 12.6. The molecule has 0 spiro atoms. The average molecular weight is 301 g/mol. The van der Waals surface area contributed by atoms with Crippen LogP contribution in [0.25, 0.3) is 0 Å². The van der Waals surface area contributed by atoms with Crippen molar-refractivity contribution < 1.29 is 8.42 Å². The highest BCUT2D eigenvalue weighted by Gasteiger charge is 2.21. The molecule has 0 saturated heterocycles. The number of hydrogen-bond donors (Lipinski definition) is 2. The minimum absolute atomic E-state index is 0.0303. The Morgan fingerprint density at radius 2 is 1.86 bits per heavy atom. The number of nitriles is 1. The maximum absolute atomic E-state index is 12.4. The molecule has 0 aliphatic heterocycles. The van der Waals surface area contributed by atoms with E-state index in [0.29, 0.717) is 5.69 Å². The number of sulfonamides is 1. The van der Waals surface area contributed by atoms with Crippen LogP contribution < -0.4 is 10.5 Å². The van der Waals surface area contributed by atoms with Crippen molar-refractivity contribution >= 4 is 15.7 Å². The standard InChI is InChI=1S/C15H15N3O2S/c1-11(12-5-3-2-4-6-12)18-21(19,20)15-8-7-14(17)9-13(15)10-16/h2-9,11,18H,17H2,1H3. The third-order valence-corrected chi connectivity index (χ3v) is 4.64. The van der Waals surface area contributed by atoms with E-state index in [-0.39, 0.29) is 10.5 Å². The molecule has 0 radical (unpaired) electrons. The van der Waals surface area contributed by atoms with Gasteiger partial charge in [0, 0.05) is 11.7 Å². The Morgan fingerprint density at radius 3 is 2.48 bits per heavy atom. The maximum atomic E-state index is 12.4. The molecular formula is C15H15N3O2S. The second-order valence-corrected chi connectivity index (χ2v) is 6.30. The summed E-state index contributed by atoms with van der Waals surface area (Å²) in [6.07, 6.45) is 0. The fourth-order valence-electron chi connectivity index (χ4n) is 1.98. The molecule has 0 aliphatic carbocycles. The van der Waals surface area contributed by atoms with Gasteiger partial charge in [0.25, 0.3) is 0 Å². The van der Waals surface area contributed by atoms with Crippen LogP contribution in [0, 0.1) is 11.3 Å². The third-order valence-electron chi connectivity index (χ3n) is 3.05. The minimum Gasteiger partial charge on any atom is -0.399 e. The molecule has 0 heterocycles. The van der Waals surface area contributed by atoms with E-state index >= 15 is 0 Å². The Labute approximate surface area is 124 Å². The lowest BCUT2D eigenvalue weighted by Gasteiger charge is -2.15. The zero-order chi connectivity index (χ0) is 15.5. The number of nitrogens with zero attached hydrogens (tertiary/aromatic N) is 1. The van der Waals surface area contributed by atoms with Crippen molar-refractivity contribution in [3.8, 4) is 6.07 Å². The molecule has 2 aromatic carbocycles. The highest BCUT2D eigenvalue weighted by atomic mass is 32.2. The number of nitrogen functional groups attached to an aromatic ring is 1. The molecule has 0 aromatic heterocycles. The van der Waals surface area contributed by atoms with Gasteiger partial charge < -0.3 is 5.73 Å². The van der Waals surface area contributed by atoms with E-state index in [1.54, 1.807) is 6.92 Å².